The molecule has 2 rings (SSSR count). The first-order valence-corrected chi connectivity index (χ1v) is 6.76. The standard InChI is InChI=1S/C16H13ClN2O3/c1-21-13-4-6-14(7-5-13)22-10-16(20)19-12-3-2-11(9-18)15(17)8-12/h2-8H,10H2,1H3,(H,19,20). The van der Waals surface area contributed by atoms with E-state index in [9.17, 15) is 4.79 Å². The van der Waals surface area contributed by atoms with Crippen LogP contribution in [-0.4, -0.2) is 19.6 Å². The van der Waals surface area contributed by atoms with E-state index < -0.39 is 0 Å². The molecule has 6 heteroatoms. The quantitative estimate of drug-likeness (QED) is 0.919. The molecule has 0 aromatic heterocycles. The number of ether oxygens (including phenoxy) is 2. The van der Waals surface area contributed by atoms with E-state index in [0.29, 0.717) is 22.7 Å². The molecule has 112 valence electrons. The lowest BCUT2D eigenvalue weighted by Crippen LogP contribution is -2.20. The highest BCUT2D eigenvalue weighted by Gasteiger charge is 2.06. The van der Waals surface area contributed by atoms with Crippen molar-refractivity contribution in [3.05, 3.63) is 53.1 Å². The van der Waals surface area contributed by atoms with Crippen LogP contribution in [0.15, 0.2) is 42.5 Å². The molecular weight excluding hydrogens is 304 g/mol. The number of carbonyl (C=O) groups excluding carboxylic acids is 1. The van der Waals surface area contributed by atoms with Crippen molar-refractivity contribution in [2.45, 2.75) is 0 Å². The number of nitriles is 1. The zero-order valence-corrected chi connectivity index (χ0v) is 12.6. The Morgan fingerprint density at radius 2 is 1.91 bits per heavy atom. The molecule has 2 aromatic rings. The second-order valence-corrected chi connectivity index (χ2v) is 4.73. The van der Waals surface area contributed by atoms with Gasteiger partial charge in [0.15, 0.2) is 6.61 Å². The molecule has 0 spiro atoms. The number of carbonyl (C=O) groups is 1. The summed E-state index contributed by atoms with van der Waals surface area (Å²) in [6, 6.07) is 13.5. The van der Waals surface area contributed by atoms with E-state index in [1.807, 2.05) is 6.07 Å². The molecule has 0 heterocycles. The van der Waals surface area contributed by atoms with Gasteiger partial charge in [-0.2, -0.15) is 5.26 Å². The number of anilines is 1. The summed E-state index contributed by atoms with van der Waals surface area (Å²) < 4.78 is 10.4. The van der Waals surface area contributed by atoms with Gasteiger partial charge in [-0.1, -0.05) is 11.6 Å². The van der Waals surface area contributed by atoms with Crippen LogP contribution in [0.1, 0.15) is 5.56 Å². The minimum absolute atomic E-state index is 0.135. The Hall–Kier alpha value is -2.71. The van der Waals surface area contributed by atoms with E-state index in [0.717, 1.165) is 0 Å². The van der Waals surface area contributed by atoms with Gasteiger partial charge in [0.25, 0.3) is 5.91 Å². The maximum atomic E-state index is 11.8. The van der Waals surface area contributed by atoms with Crippen molar-refractivity contribution in [1.82, 2.24) is 0 Å². The molecule has 1 N–H and O–H groups in total. The summed E-state index contributed by atoms with van der Waals surface area (Å²) in [6.07, 6.45) is 0. The molecule has 0 saturated heterocycles. The number of amides is 1. The van der Waals surface area contributed by atoms with Crippen molar-refractivity contribution in [3.63, 3.8) is 0 Å². The largest absolute Gasteiger partial charge is 0.497 e. The first-order valence-electron chi connectivity index (χ1n) is 6.38. The molecule has 22 heavy (non-hydrogen) atoms. The van der Waals surface area contributed by atoms with Gasteiger partial charge in [-0.3, -0.25) is 4.79 Å². The van der Waals surface area contributed by atoms with Crippen molar-refractivity contribution >= 4 is 23.2 Å². The summed E-state index contributed by atoms with van der Waals surface area (Å²) in [5, 5.41) is 11.7. The van der Waals surface area contributed by atoms with Gasteiger partial charge in [0.05, 0.1) is 17.7 Å². The number of hydrogen-bond acceptors (Lipinski definition) is 4. The van der Waals surface area contributed by atoms with Crippen LogP contribution in [0.25, 0.3) is 0 Å². The zero-order valence-electron chi connectivity index (χ0n) is 11.8. The van der Waals surface area contributed by atoms with Gasteiger partial charge in [-0.05, 0) is 42.5 Å². The average Bonchev–Trinajstić information content (AvgIpc) is 2.53. The fourth-order valence-electron chi connectivity index (χ4n) is 1.70. The molecular formula is C16H13ClN2O3. The molecule has 0 unspecified atom stereocenters. The normalized spacial score (nSPS) is 9.68. The van der Waals surface area contributed by atoms with Gasteiger partial charge < -0.3 is 14.8 Å². The van der Waals surface area contributed by atoms with Gasteiger partial charge in [0.2, 0.25) is 0 Å². The topological polar surface area (TPSA) is 71.3 Å². The number of nitrogens with zero attached hydrogens (tertiary/aromatic N) is 1. The monoisotopic (exact) mass is 316 g/mol. The summed E-state index contributed by atoms with van der Waals surface area (Å²) in [5.41, 5.74) is 0.862. The predicted molar refractivity (Wildman–Crippen MR) is 83.3 cm³/mol. The molecule has 0 bridgehead atoms. The van der Waals surface area contributed by atoms with Crippen LogP contribution in [-0.2, 0) is 4.79 Å². The lowest BCUT2D eigenvalue weighted by molar-refractivity contribution is -0.118. The van der Waals surface area contributed by atoms with Crippen LogP contribution in [0, 0.1) is 11.3 Å². The SMILES string of the molecule is COc1ccc(OCC(=O)Nc2ccc(C#N)c(Cl)c2)cc1. The highest BCUT2D eigenvalue weighted by Crippen LogP contribution is 2.20. The number of halogens is 1. The fraction of sp³-hybridized carbons (Fsp3) is 0.125. The third-order valence-corrected chi connectivity index (χ3v) is 3.12. The predicted octanol–water partition coefficient (Wildman–Crippen LogP) is 3.24. The molecule has 0 aliphatic rings. The first kappa shape index (κ1) is 15.7. The highest BCUT2D eigenvalue weighted by atomic mass is 35.5. The second kappa shape index (κ2) is 7.34. The third kappa shape index (κ3) is 4.14. The minimum Gasteiger partial charge on any atom is -0.497 e. The number of hydrogen-bond donors (Lipinski definition) is 1. The van der Waals surface area contributed by atoms with E-state index in [4.69, 9.17) is 26.3 Å². The van der Waals surface area contributed by atoms with Crippen LogP contribution < -0.4 is 14.8 Å². The maximum absolute atomic E-state index is 11.8. The number of rotatable bonds is 5. The van der Waals surface area contributed by atoms with Crippen LogP contribution in [0.5, 0.6) is 11.5 Å². The fourth-order valence-corrected chi connectivity index (χ4v) is 1.92. The summed E-state index contributed by atoms with van der Waals surface area (Å²) in [5.74, 6) is 0.953. The van der Waals surface area contributed by atoms with E-state index in [1.54, 1.807) is 43.5 Å². The van der Waals surface area contributed by atoms with Crippen molar-refractivity contribution < 1.29 is 14.3 Å². The summed E-state index contributed by atoms with van der Waals surface area (Å²) in [6.45, 7) is -0.135. The van der Waals surface area contributed by atoms with Crippen LogP contribution in [0.3, 0.4) is 0 Å². The third-order valence-electron chi connectivity index (χ3n) is 2.80. The first-order chi connectivity index (χ1) is 10.6. The lowest BCUT2D eigenvalue weighted by atomic mass is 10.2. The van der Waals surface area contributed by atoms with E-state index in [1.165, 1.54) is 6.07 Å². The molecule has 0 aliphatic heterocycles. The van der Waals surface area contributed by atoms with Gasteiger partial charge in [-0.15, -0.1) is 0 Å². The maximum Gasteiger partial charge on any atom is 0.262 e. The van der Waals surface area contributed by atoms with Gasteiger partial charge in [0, 0.05) is 5.69 Å². The lowest BCUT2D eigenvalue weighted by Gasteiger charge is -2.08. The average molecular weight is 317 g/mol. The molecule has 0 atom stereocenters. The van der Waals surface area contributed by atoms with Crippen molar-refractivity contribution in [2.24, 2.45) is 0 Å². The Labute approximate surface area is 133 Å². The Morgan fingerprint density at radius 3 is 2.50 bits per heavy atom. The Balaban J connectivity index is 1.90. The summed E-state index contributed by atoms with van der Waals surface area (Å²) in [7, 11) is 1.58. The van der Waals surface area contributed by atoms with Crippen molar-refractivity contribution in [1.29, 1.82) is 5.26 Å². The van der Waals surface area contributed by atoms with E-state index in [-0.39, 0.29) is 17.5 Å². The Kier molecular flexibility index (Phi) is 5.23. The van der Waals surface area contributed by atoms with Crippen molar-refractivity contribution in [2.75, 3.05) is 19.0 Å². The summed E-state index contributed by atoms with van der Waals surface area (Å²) >= 11 is 5.90. The Morgan fingerprint density at radius 1 is 1.23 bits per heavy atom. The smallest absolute Gasteiger partial charge is 0.262 e. The van der Waals surface area contributed by atoms with Crippen molar-refractivity contribution in [3.8, 4) is 17.6 Å². The highest BCUT2D eigenvalue weighted by molar-refractivity contribution is 6.32. The van der Waals surface area contributed by atoms with E-state index >= 15 is 0 Å². The molecule has 5 nitrogen and oxygen atoms in total. The molecule has 1 amide bonds. The number of nitrogens with one attached hydrogen (secondary N) is 1. The molecule has 2 aromatic carbocycles. The van der Waals surface area contributed by atoms with Gasteiger partial charge in [-0.25, -0.2) is 0 Å². The van der Waals surface area contributed by atoms with Gasteiger partial charge in [0.1, 0.15) is 17.6 Å². The molecule has 0 radical (unpaired) electrons. The Bertz CT molecular complexity index is 708. The molecule has 0 fully saturated rings. The van der Waals surface area contributed by atoms with Crippen LogP contribution in [0.2, 0.25) is 5.02 Å². The summed E-state index contributed by atoms with van der Waals surface area (Å²) in [4.78, 5) is 11.8. The van der Waals surface area contributed by atoms with Crippen LogP contribution in [0.4, 0.5) is 5.69 Å². The molecule has 0 saturated carbocycles. The molecule has 0 aliphatic carbocycles. The number of benzene rings is 2. The number of methoxy groups -OCH3 is 1. The minimum atomic E-state index is -0.323. The second-order valence-electron chi connectivity index (χ2n) is 4.32. The van der Waals surface area contributed by atoms with Gasteiger partial charge >= 0.3 is 0 Å². The zero-order chi connectivity index (χ0) is 15.9. The van der Waals surface area contributed by atoms with Crippen LogP contribution >= 0.6 is 11.6 Å². The van der Waals surface area contributed by atoms with E-state index in [2.05, 4.69) is 5.32 Å².